The van der Waals surface area contributed by atoms with Gasteiger partial charge in [0.15, 0.2) is 11.0 Å². The quantitative estimate of drug-likeness (QED) is 0.336. The minimum Gasteiger partial charge on any atom is -0.394 e. The van der Waals surface area contributed by atoms with Crippen LogP contribution in [0.2, 0.25) is 0 Å². The highest BCUT2D eigenvalue weighted by molar-refractivity contribution is 7.99. The average Bonchev–Trinajstić information content (AvgIpc) is 3.44. The molecule has 0 fully saturated rings. The van der Waals surface area contributed by atoms with Gasteiger partial charge in [-0.1, -0.05) is 11.8 Å². The van der Waals surface area contributed by atoms with Crippen LogP contribution in [0.3, 0.4) is 0 Å². The van der Waals surface area contributed by atoms with Crippen LogP contribution in [0.4, 0.5) is 10.2 Å². The van der Waals surface area contributed by atoms with Gasteiger partial charge in [-0.3, -0.25) is 14.6 Å². The van der Waals surface area contributed by atoms with Crippen molar-refractivity contribution in [2.75, 3.05) is 11.9 Å². The average molecular weight is 473 g/mol. The molecule has 4 aromatic rings. The fourth-order valence-corrected chi connectivity index (χ4v) is 4.09. The molecule has 0 saturated carbocycles. The smallest absolute Gasteiger partial charge is 0.231 e. The first kappa shape index (κ1) is 21.9. The van der Waals surface area contributed by atoms with Gasteiger partial charge in [-0.2, -0.15) is 10.2 Å². The lowest BCUT2D eigenvalue weighted by molar-refractivity contribution is -0.115. The number of aromatic nitrogens is 7. The number of aromatic amines is 1. The number of anilines is 1. The fraction of sp³-hybridized carbons (Fsp3) is 0.158. The molecule has 3 aromatic heterocycles. The molecule has 32 heavy (non-hydrogen) atoms. The molecule has 164 valence electrons. The molecule has 1 amide bonds. The number of carbonyl (C=O) groups excluding carboxylic acids is 1. The molecule has 1 aromatic carbocycles. The van der Waals surface area contributed by atoms with Crippen LogP contribution in [0, 0.1) is 5.82 Å². The summed E-state index contributed by atoms with van der Waals surface area (Å²) in [5, 5.41) is 24.0. The molecule has 0 bridgehead atoms. The van der Waals surface area contributed by atoms with E-state index in [1.165, 1.54) is 46.7 Å². The van der Waals surface area contributed by atoms with Gasteiger partial charge in [-0.25, -0.2) is 19.3 Å². The molecule has 3 heterocycles. The fourth-order valence-electron chi connectivity index (χ4n) is 2.60. The van der Waals surface area contributed by atoms with E-state index < -0.39 is 0 Å². The molecule has 0 aliphatic rings. The third-order valence-electron chi connectivity index (χ3n) is 3.97. The predicted molar refractivity (Wildman–Crippen MR) is 115 cm³/mol. The van der Waals surface area contributed by atoms with Gasteiger partial charge in [0, 0.05) is 17.2 Å². The van der Waals surface area contributed by atoms with Crippen LogP contribution in [0.1, 0.15) is 5.69 Å². The van der Waals surface area contributed by atoms with Gasteiger partial charge in [0.05, 0.1) is 31.5 Å². The first-order chi connectivity index (χ1) is 15.6. The van der Waals surface area contributed by atoms with Gasteiger partial charge < -0.3 is 10.4 Å². The Labute approximate surface area is 190 Å². The second-order valence-corrected chi connectivity index (χ2v) is 8.39. The van der Waals surface area contributed by atoms with Gasteiger partial charge in [-0.15, -0.1) is 0 Å². The number of benzene rings is 1. The lowest BCUT2D eigenvalue weighted by atomic mass is 10.3. The summed E-state index contributed by atoms with van der Waals surface area (Å²) in [6.07, 6.45) is 4.58. The van der Waals surface area contributed by atoms with Crippen molar-refractivity contribution in [2.45, 2.75) is 33.1 Å². The molecule has 13 heteroatoms. The summed E-state index contributed by atoms with van der Waals surface area (Å²) >= 11 is 2.52. The van der Waals surface area contributed by atoms with E-state index in [9.17, 15) is 9.18 Å². The molecular formula is C19H17FN8O2S2. The zero-order valence-corrected chi connectivity index (χ0v) is 18.1. The summed E-state index contributed by atoms with van der Waals surface area (Å²) in [4.78, 5) is 26.5. The van der Waals surface area contributed by atoms with Crippen LogP contribution in [-0.4, -0.2) is 52.6 Å². The summed E-state index contributed by atoms with van der Waals surface area (Å²) in [5.74, 6) is -0.285. The van der Waals surface area contributed by atoms with Gasteiger partial charge in [-0.05, 0) is 36.0 Å². The summed E-state index contributed by atoms with van der Waals surface area (Å²) in [6, 6.07) is 7.63. The Morgan fingerprint density at radius 1 is 1.19 bits per heavy atom. The Morgan fingerprint density at radius 3 is 2.78 bits per heavy atom. The monoisotopic (exact) mass is 472 g/mol. The summed E-state index contributed by atoms with van der Waals surface area (Å²) in [5.41, 5.74) is 0.455. The number of halogens is 1. The van der Waals surface area contributed by atoms with E-state index in [2.05, 4.69) is 35.6 Å². The number of nitrogens with zero attached hydrogens (tertiary/aromatic N) is 6. The molecule has 4 rings (SSSR count). The van der Waals surface area contributed by atoms with Crippen molar-refractivity contribution in [1.29, 1.82) is 0 Å². The van der Waals surface area contributed by atoms with Crippen LogP contribution in [0.15, 0.2) is 69.2 Å². The highest BCUT2D eigenvalue weighted by atomic mass is 32.2. The minimum atomic E-state index is -0.334. The van der Waals surface area contributed by atoms with Crippen LogP contribution in [0.25, 0.3) is 0 Å². The summed E-state index contributed by atoms with van der Waals surface area (Å²) in [7, 11) is 0. The number of amides is 1. The van der Waals surface area contributed by atoms with E-state index in [1.54, 1.807) is 30.6 Å². The SMILES string of the molecule is O=C(Cc1nc(Sc2ncn[nH]2)cnc1Sc1ccc(F)cc1)Nc1ccn(CCO)n1. The summed E-state index contributed by atoms with van der Waals surface area (Å²) < 4.78 is 14.8. The maximum absolute atomic E-state index is 13.2. The second kappa shape index (κ2) is 10.3. The molecule has 0 saturated heterocycles. The van der Waals surface area contributed by atoms with Crippen LogP contribution < -0.4 is 5.32 Å². The van der Waals surface area contributed by atoms with E-state index in [1.807, 2.05) is 0 Å². The number of hydrogen-bond donors (Lipinski definition) is 3. The lowest BCUT2D eigenvalue weighted by Crippen LogP contribution is -2.17. The molecule has 0 unspecified atom stereocenters. The largest absolute Gasteiger partial charge is 0.394 e. The van der Waals surface area contributed by atoms with Crippen molar-refractivity contribution in [2.24, 2.45) is 0 Å². The van der Waals surface area contributed by atoms with E-state index in [-0.39, 0.29) is 24.8 Å². The highest BCUT2D eigenvalue weighted by Gasteiger charge is 2.16. The lowest BCUT2D eigenvalue weighted by Gasteiger charge is -2.09. The Balaban J connectivity index is 1.54. The van der Waals surface area contributed by atoms with E-state index in [4.69, 9.17) is 5.11 Å². The first-order valence-electron chi connectivity index (χ1n) is 9.36. The molecule has 0 atom stereocenters. The minimum absolute atomic E-state index is 0.0474. The number of nitrogens with one attached hydrogen (secondary N) is 2. The third-order valence-corrected chi connectivity index (χ3v) is 5.81. The second-order valence-electron chi connectivity index (χ2n) is 6.32. The molecule has 10 nitrogen and oxygen atoms in total. The van der Waals surface area contributed by atoms with Crippen LogP contribution in [-0.2, 0) is 17.8 Å². The van der Waals surface area contributed by atoms with Crippen molar-refractivity contribution < 1.29 is 14.3 Å². The Bertz CT molecular complexity index is 1180. The number of aliphatic hydroxyl groups is 1. The molecule has 0 aliphatic carbocycles. The zero-order valence-electron chi connectivity index (χ0n) is 16.5. The first-order valence-corrected chi connectivity index (χ1v) is 11.0. The molecular weight excluding hydrogens is 455 g/mol. The molecule has 0 aliphatic heterocycles. The molecule has 3 N–H and O–H groups in total. The predicted octanol–water partition coefficient (Wildman–Crippen LogP) is 2.41. The van der Waals surface area contributed by atoms with Crippen molar-refractivity contribution >= 4 is 35.2 Å². The highest BCUT2D eigenvalue weighted by Crippen LogP contribution is 2.31. The third kappa shape index (κ3) is 5.90. The number of aliphatic hydroxyl groups excluding tert-OH is 1. The Kier molecular flexibility index (Phi) is 7.09. The van der Waals surface area contributed by atoms with E-state index in [0.29, 0.717) is 33.3 Å². The molecule has 0 spiro atoms. The van der Waals surface area contributed by atoms with Crippen molar-refractivity contribution in [1.82, 2.24) is 34.9 Å². The molecule has 0 radical (unpaired) electrons. The number of hydrogen-bond acceptors (Lipinski definition) is 9. The topological polar surface area (TPSA) is 134 Å². The van der Waals surface area contributed by atoms with Gasteiger partial charge in [0.25, 0.3) is 0 Å². The van der Waals surface area contributed by atoms with Gasteiger partial charge >= 0.3 is 0 Å². The normalized spacial score (nSPS) is 10.9. The standard InChI is InChI=1S/C19H17FN8O2S2/c20-12-1-3-13(4-2-12)31-18-14(24-17(10-21-18)32-19-22-11-23-26-19)9-16(30)25-15-5-6-28(27-15)7-8-29/h1-6,10-11,29H,7-9H2,(H,22,23,26)(H,25,27,30). The maximum atomic E-state index is 13.2. The maximum Gasteiger partial charge on any atom is 0.231 e. The van der Waals surface area contributed by atoms with E-state index in [0.717, 1.165) is 4.90 Å². The van der Waals surface area contributed by atoms with Crippen molar-refractivity contribution in [3.63, 3.8) is 0 Å². The zero-order chi connectivity index (χ0) is 22.3. The Hall–Kier alpha value is -3.29. The van der Waals surface area contributed by atoms with Crippen molar-refractivity contribution in [3.8, 4) is 0 Å². The van der Waals surface area contributed by atoms with Gasteiger partial charge in [0.2, 0.25) is 5.91 Å². The van der Waals surface area contributed by atoms with E-state index >= 15 is 0 Å². The van der Waals surface area contributed by atoms with Crippen LogP contribution in [0.5, 0.6) is 0 Å². The number of H-pyrrole nitrogens is 1. The van der Waals surface area contributed by atoms with Crippen molar-refractivity contribution in [3.05, 3.63) is 60.6 Å². The number of carbonyl (C=O) groups is 1. The Morgan fingerprint density at radius 2 is 2.03 bits per heavy atom. The van der Waals surface area contributed by atoms with Crippen LogP contribution >= 0.6 is 23.5 Å². The summed E-state index contributed by atoms with van der Waals surface area (Å²) in [6.45, 7) is 0.283. The number of rotatable bonds is 9. The van der Waals surface area contributed by atoms with Gasteiger partial charge in [0.1, 0.15) is 22.2 Å².